The largest absolute Gasteiger partial charge is 0.444 e. The van der Waals surface area contributed by atoms with E-state index in [9.17, 15) is 37.1 Å². The highest BCUT2D eigenvalue weighted by Gasteiger charge is 2.63. The number of carbonyl (C=O) groups excluding carboxylic acids is 4. The van der Waals surface area contributed by atoms with Crippen LogP contribution >= 0.6 is 0 Å². The third-order valence-corrected chi connectivity index (χ3v) is 10.8. The van der Waals surface area contributed by atoms with Gasteiger partial charge in [-0.05, 0) is 66.2 Å². The number of hydrogen-bond donors (Lipinski definition) is 4. The number of halogens is 1. The van der Waals surface area contributed by atoms with E-state index in [2.05, 4.69) is 23.8 Å². The van der Waals surface area contributed by atoms with Crippen molar-refractivity contribution in [3.05, 3.63) is 25.3 Å². The summed E-state index contributed by atoms with van der Waals surface area (Å²) in [6.07, 6.45) is 1.59. The van der Waals surface area contributed by atoms with E-state index >= 15 is 0 Å². The number of allylic oxidation sites excluding steroid dienone is 1. The van der Waals surface area contributed by atoms with Gasteiger partial charge in [-0.3, -0.25) is 19.1 Å². The van der Waals surface area contributed by atoms with Gasteiger partial charge in [-0.15, -0.1) is 13.2 Å². The van der Waals surface area contributed by atoms with E-state index in [1.165, 1.54) is 6.08 Å². The maximum atomic E-state index is 14.1. The quantitative estimate of drug-likeness (QED) is 0.178. The van der Waals surface area contributed by atoms with E-state index in [4.69, 9.17) is 9.47 Å². The van der Waals surface area contributed by atoms with E-state index in [0.717, 1.165) is 4.90 Å². The molecule has 1 saturated heterocycles. The van der Waals surface area contributed by atoms with Gasteiger partial charge >= 0.3 is 6.09 Å². The van der Waals surface area contributed by atoms with Crippen molar-refractivity contribution in [2.24, 2.45) is 5.92 Å². The van der Waals surface area contributed by atoms with E-state index in [0.29, 0.717) is 19.3 Å². The number of rotatable bonds is 16. The lowest BCUT2D eigenvalue weighted by Gasteiger charge is -2.34. The van der Waals surface area contributed by atoms with E-state index in [-0.39, 0.29) is 38.3 Å². The normalized spacial score (nSPS) is 27.0. The molecule has 1 heterocycles. The van der Waals surface area contributed by atoms with Crippen molar-refractivity contribution in [1.29, 1.82) is 0 Å². The number of alkyl carbamates (subject to hydrolysis) is 1. The number of nitrogens with one attached hydrogen (secondary N) is 3. The number of alkyl halides is 1. The van der Waals surface area contributed by atoms with Crippen LogP contribution in [0.2, 0.25) is 0 Å². The molecule has 0 aromatic rings. The zero-order chi connectivity index (χ0) is 34.7. The van der Waals surface area contributed by atoms with Gasteiger partial charge in [0.15, 0.2) is 0 Å². The van der Waals surface area contributed by atoms with Crippen LogP contribution in [-0.2, 0) is 33.9 Å². The summed E-state index contributed by atoms with van der Waals surface area (Å²) in [5, 5.41) is 15.8. The maximum Gasteiger partial charge on any atom is 0.408 e. The molecule has 46 heavy (non-hydrogen) atoms. The molecule has 4 amide bonds. The number of aliphatic hydroxyl groups is 1. The van der Waals surface area contributed by atoms with Crippen molar-refractivity contribution < 1.29 is 46.6 Å². The lowest BCUT2D eigenvalue weighted by molar-refractivity contribution is -0.145. The lowest BCUT2D eigenvalue weighted by Crippen LogP contribution is -2.61. The highest BCUT2D eigenvalue weighted by atomic mass is 32.2. The smallest absolute Gasteiger partial charge is 0.408 e. The number of aliphatic hydroxyl groups excluding tert-OH is 1. The van der Waals surface area contributed by atoms with Crippen LogP contribution < -0.4 is 15.4 Å². The van der Waals surface area contributed by atoms with Gasteiger partial charge < -0.3 is 30.1 Å². The molecule has 3 fully saturated rings. The molecular formula is C31H49FN4O9S. The Morgan fingerprint density at radius 1 is 1.20 bits per heavy atom. The number of hydrogen-bond acceptors (Lipinski definition) is 9. The summed E-state index contributed by atoms with van der Waals surface area (Å²) in [7, 11) is -4.36. The summed E-state index contributed by atoms with van der Waals surface area (Å²) in [6.45, 7) is 14.6. The van der Waals surface area contributed by atoms with Crippen LogP contribution in [0.1, 0.15) is 79.6 Å². The molecule has 3 rings (SSSR count). The molecule has 0 radical (unpaired) electrons. The molecule has 7 atom stereocenters. The van der Waals surface area contributed by atoms with Gasteiger partial charge in [0, 0.05) is 18.9 Å². The molecule has 0 bridgehead atoms. The molecule has 0 spiro atoms. The topological polar surface area (TPSA) is 180 Å². The van der Waals surface area contributed by atoms with Crippen LogP contribution in [0.15, 0.2) is 25.3 Å². The van der Waals surface area contributed by atoms with Gasteiger partial charge in [0.1, 0.15) is 34.6 Å². The molecule has 4 N–H and O–H groups in total. The monoisotopic (exact) mass is 672 g/mol. The molecule has 3 aliphatic rings. The standard InChI is InChI=1S/C31H49FN4O9S/c1-8-11-12-19(4)44-23(10-3)24(33-28(41)45-29(5,6)7)26(39)36-17-21(37)15-22(36)25(38)34-31(16-20(31)9-2)27(40)35-46(42,43)30(18-32)13-14-30/h8-9,19-24,37H,1-2,10-18H2,3-7H3,(H,33,41)(H,34,38)(H,35,40). The first-order chi connectivity index (χ1) is 21.4. The Bertz CT molecular complexity index is 1300. The van der Waals surface area contributed by atoms with Crippen molar-refractivity contribution in [3.8, 4) is 0 Å². The molecule has 15 heteroatoms. The van der Waals surface area contributed by atoms with Crippen LogP contribution in [0.5, 0.6) is 0 Å². The fourth-order valence-electron chi connectivity index (χ4n) is 5.63. The molecule has 260 valence electrons. The zero-order valence-corrected chi connectivity index (χ0v) is 28.2. The van der Waals surface area contributed by atoms with E-state index in [1.54, 1.807) is 33.8 Å². The minimum Gasteiger partial charge on any atom is -0.444 e. The summed E-state index contributed by atoms with van der Waals surface area (Å²) in [5.74, 6) is -3.17. The number of β-amino-alcohol motifs (C(OH)–C–C–N with tert-alkyl or cyclic N) is 1. The van der Waals surface area contributed by atoms with Crippen LogP contribution in [0.4, 0.5) is 9.18 Å². The summed E-state index contributed by atoms with van der Waals surface area (Å²) < 4.78 is 50.9. The Hall–Kier alpha value is -3.04. The second kappa shape index (κ2) is 14.4. The Balaban J connectivity index is 1.85. The van der Waals surface area contributed by atoms with Gasteiger partial charge in [-0.2, -0.15) is 0 Å². The second-order valence-corrected chi connectivity index (χ2v) is 15.6. The maximum absolute atomic E-state index is 14.1. The first-order valence-electron chi connectivity index (χ1n) is 15.7. The number of amides is 4. The average molecular weight is 673 g/mol. The number of carbonyl (C=O) groups is 4. The Morgan fingerprint density at radius 2 is 1.85 bits per heavy atom. The second-order valence-electron chi connectivity index (χ2n) is 13.5. The Kier molecular flexibility index (Phi) is 11.7. The molecule has 0 aromatic heterocycles. The molecule has 13 nitrogen and oxygen atoms in total. The molecule has 0 aromatic carbocycles. The highest BCUT2D eigenvalue weighted by molar-refractivity contribution is 7.91. The Labute approximate surface area is 270 Å². The van der Waals surface area contributed by atoms with Crippen LogP contribution in [0.25, 0.3) is 0 Å². The minimum atomic E-state index is -4.36. The van der Waals surface area contributed by atoms with E-state index in [1.807, 2.05) is 11.6 Å². The van der Waals surface area contributed by atoms with Crippen molar-refractivity contribution >= 4 is 33.8 Å². The first kappa shape index (κ1) is 37.4. The fraction of sp³-hybridized carbons (Fsp3) is 0.742. The highest BCUT2D eigenvalue weighted by Crippen LogP contribution is 2.47. The minimum absolute atomic E-state index is 0.0343. The SMILES string of the molecule is C=CCCC(C)OC(CC)C(NC(=O)OC(C)(C)C)C(=O)N1CC(O)CC1C(=O)NC1(C(=O)NS(=O)(=O)C2(CF)CC2)CC1C=C. The molecular weight excluding hydrogens is 623 g/mol. The van der Waals surface area contributed by atoms with Crippen molar-refractivity contribution in [2.75, 3.05) is 13.2 Å². The van der Waals surface area contributed by atoms with E-state index < -0.39 is 86.6 Å². The molecule has 2 saturated carbocycles. The molecule has 7 unspecified atom stereocenters. The number of ether oxygens (including phenoxy) is 2. The average Bonchev–Trinajstić information content (AvgIpc) is 3.88. The number of nitrogens with zero attached hydrogens (tertiary/aromatic N) is 1. The van der Waals surface area contributed by atoms with Gasteiger partial charge in [0.05, 0.1) is 18.3 Å². The van der Waals surface area contributed by atoms with Crippen molar-refractivity contribution in [1.82, 2.24) is 20.3 Å². The van der Waals surface area contributed by atoms with Crippen molar-refractivity contribution in [2.45, 2.75) is 126 Å². The summed E-state index contributed by atoms with van der Waals surface area (Å²) in [4.78, 5) is 55.2. The predicted octanol–water partition coefficient (Wildman–Crippen LogP) is 2.00. The number of sulfonamides is 1. The number of likely N-dealkylation sites (tertiary alicyclic amines) is 1. The molecule has 2 aliphatic carbocycles. The first-order valence-corrected chi connectivity index (χ1v) is 17.2. The fourth-order valence-corrected chi connectivity index (χ4v) is 7.06. The van der Waals surface area contributed by atoms with Gasteiger partial charge in [0.25, 0.3) is 5.91 Å². The van der Waals surface area contributed by atoms with Gasteiger partial charge in [-0.25, -0.2) is 17.6 Å². The predicted molar refractivity (Wildman–Crippen MR) is 168 cm³/mol. The van der Waals surface area contributed by atoms with Gasteiger partial charge in [0.2, 0.25) is 21.8 Å². The third kappa shape index (κ3) is 8.45. The van der Waals surface area contributed by atoms with Crippen LogP contribution in [0, 0.1) is 5.92 Å². The van der Waals surface area contributed by atoms with Crippen LogP contribution in [-0.4, -0.2) is 102 Å². The van der Waals surface area contributed by atoms with Crippen LogP contribution in [0.3, 0.4) is 0 Å². The van der Waals surface area contributed by atoms with Gasteiger partial charge in [-0.1, -0.05) is 19.1 Å². The third-order valence-electron chi connectivity index (χ3n) is 8.66. The summed E-state index contributed by atoms with van der Waals surface area (Å²) in [6, 6.07) is -2.57. The van der Waals surface area contributed by atoms with Crippen molar-refractivity contribution in [3.63, 3.8) is 0 Å². The Morgan fingerprint density at radius 3 is 2.35 bits per heavy atom. The summed E-state index contributed by atoms with van der Waals surface area (Å²) in [5.41, 5.74) is -2.56. The zero-order valence-electron chi connectivity index (χ0n) is 27.3. The lowest BCUT2D eigenvalue weighted by atomic mass is 10.0. The molecule has 1 aliphatic heterocycles. The summed E-state index contributed by atoms with van der Waals surface area (Å²) >= 11 is 0.